The molecule has 0 bridgehead atoms. The molecule has 0 atom stereocenters. The maximum atomic E-state index is 2.28. The second-order valence-corrected chi connectivity index (χ2v) is 6.09. The molecule has 0 aliphatic heterocycles. The van der Waals surface area contributed by atoms with Crippen molar-refractivity contribution in [1.29, 1.82) is 0 Å². The molecular weight excluding hydrogens is 358 g/mol. The van der Waals surface area contributed by atoms with Crippen LogP contribution in [0.5, 0.6) is 0 Å². The summed E-state index contributed by atoms with van der Waals surface area (Å²) in [6, 6.07) is 20.9. The maximum Gasteiger partial charge on any atom is -0.147 e. The van der Waals surface area contributed by atoms with Crippen LogP contribution in [0.4, 0.5) is 0 Å². The molecule has 0 saturated heterocycles. The first kappa shape index (κ1) is 16.9. The first-order valence-corrected chi connectivity index (χ1v) is 8.53. The summed E-state index contributed by atoms with van der Waals surface area (Å²) in [5.41, 5.74) is 2.58. The molecule has 2 aromatic rings. The molecule has 20 heavy (non-hydrogen) atoms. The molecule has 0 spiro atoms. The minimum absolute atomic E-state index is 0. The molecule has 0 fully saturated rings. The van der Waals surface area contributed by atoms with Crippen LogP contribution in [0.2, 0.25) is 9.79 Å². The van der Waals surface area contributed by atoms with E-state index in [1.807, 2.05) is 0 Å². The van der Waals surface area contributed by atoms with Crippen molar-refractivity contribution in [1.82, 2.24) is 0 Å². The third-order valence-electron chi connectivity index (χ3n) is 2.55. The molecule has 0 nitrogen and oxygen atoms in total. The number of rotatable bonds is 6. The Labute approximate surface area is 136 Å². The predicted octanol–water partition coefficient (Wildman–Crippen LogP) is 5.75. The van der Waals surface area contributed by atoms with E-state index >= 15 is 0 Å². The standard InChI is InChI=1S/2C9H9.ClH.Pd/c2*1-2-6-9-7-4-3-5-8-9;;/h2*2-8H,1H2;1H;. The second kappa shape index (κ2) is 10.6. The Morgan fingerprint density at radius 3 is 1.45 bits per heavy atom. The average Bonchev–Trinajstić information content (AvgIpc) is 2.48. The molecule has 0 radical (unpaired) electrons. The predicted molar refractivity (Wildman–Crippen MR) is 87.8 cm³/mol. The van der Waals surface area contributed by atoms with E-state index in [9.17, 15) is 0 Å². The summed E-state index contributed by atoms with van der Waals surface area (Å²) < 4.78 is 0. The van der Waals surface area contributed by atoms with Crippen molar-refractivity contribution in [2.45, 2.75) is 9.79 Å². The van der Waals surface area contributed by atoms with Crippen molar-refractivity contribution in [2.24, 2.45) is 0 Å². The Morgan fingerprint density at radius 1 is 0.650 bits per heavy atom. The quantitative estimate of drug-likeness (QED) is 0.444. The first-order valence-electron chi connectivity index (χ1n) is 6.33. The molecule has 0 unspecified atom stereocenters. The van der Waals surface area contributed by atoms with E-state index in [4.69, 9.17) is 0 Å². The van der Waals surface area contributed by atoms with Crippen LogP contribution in [-0.4, -0.2) is 0 Å². The van der Waals surface area contributed by atoms with Crippen LogP contribution in [0, 0.1) is 0 Å². The molecule has 0 amide bonds. The van der Waals surface area contributed by atoms with Crippen molar-refractivity contribution in [2.75, 3.05) is 0 Å². The Bertz CT molecular complexity index is 468. The summed E-state index contributed by atoms with van der Waals surface area (Å²) in [5, 5.41) is 0. The fourth-order valence-corrected chi connectivity index (χ4v) is 2.78. The number of hydrogen-bond donors (Lipinski definition) is 0. The van der Waals surface area contributed by atoms with Gasteiger partial charge in [0.05, 0.1) is 0 Å². The zero-order valence-corrected chi connectivity index (χ0v) is 13.6. The van der Waals surface area contributed by atoms with Crippen LogP contribution < -0.4 is 0 Å². The molecule has 0 aliphatic carbocycles. The number of allylic oxidation sites excluding steroid dienone is 2. The Kier molecular flexibility index (Phi) is 9.00. The van der Waals surface area contributed by atoms with Crippen LogP contribution in [0.15, 0.2) is 72.8 Å². The van der Waals surface area contributed by atoms with E-state index in [0.717, 1.165) is 18.0 Å². The van der Waals surface area contributed by atoms with Gasteiger partial charge in [0.2, 0.25) is 0 Å². The molecule has 108 valence electrons. The summed E-state index contributed by atoms with van der Waals surface area (Å²) >= 11 is 0.771. The van der Waals surface area contributed by atoms with Gasteiger partial charge in [-0.3, -0.25) is 0 Å². The van der Waals surface area contributed by atoms with E-state index in [0.29, 0.717) is 0 Å². The van der Waals surface area contributed by atoms with Gasteiger partial charge in [0, 0.05) is 0 Å². The zero-order valence-electron chi connectivity index (χ0n) is 11.2. The maximum absolute atomic E-state index is 2.28. The van der Waals surface area contributed by atoms with Gasteiger partial charge in [-0.05, 0) is 0 Å². The van der Waals surface area contributed by atoms with E-state index < -0.39 is 0 Å². The molecule has 0 heterocycles. The van der Waals surface area contributed by atoms with Crippen LogP contribution in [0.25, 0.3) is 12.2 Å². The number of benzene rings is 2. The van der Waals surface area contributed by atoms with Gasteiger partial charge >= 0.3 is 124 Å². The second-order valence-electron chi connectivity index (χ2n) is 4.04. The molecule has 2 rings (SSSR count). The third-order valence-corrected chi connectivity index (χ3v) is 4.18. The van der Waals surface area contributed by atoms with Gasteiger partial charge in [0.15, 0.2) is 0 Å². The molecule has 2 aromatic carbocycles. The molecule has 0 N–H and O–H groups in total. The molecular formula is C18H19ClPd. The summed E-state index contributed by atoms with van der Waals surface area (Å²) in [4.78, 5) is 2.37. The van der Waals surface area contributed by atoms with Gasteiger partial charge in [-0.25, -0.2) is 0 Å². The monoisotopic (exact) mass is 376 g/mol. The topological polar surface area (TPSA) is 0 Å². The number of halogens is 1. The number of hydrogen-bond acceptors (Lipinski definition) is 0. The minimum Gasteiger partial charge on any atom is -0.147 e. The van der Waals surface area contributed by atoms with Crippen molar-refractivity contribution < 1.29 is 18.0 Å². The van der Waals surface area contributed by atoms with Crippen LogP contribution in [0.3, 0.4) is 0 Å². The molecule has 0 aliphatic rings. The van der Waals surface area contributed by atoms with Gasteiger partial charge in [0.25, 0.3) is 0 Å². The largest absolute Gasteiger partial charge is 0.147 e. The minimum atomic E-state index is 0. The molecule has 0 aromatic heterocycles. The van der Waals surface area contributed by atoms with Crippen LogP contribution >= 0.6 is 12.4 Å². The SMILES string of the molecule is C(=Cc1ccccc1)[CH2][Pd][CH2]C=Cc1ccccc1.Cl. The van der Waals surface area contributed by atoms with Crippen LogP contribution in [-0.2, 0) is 18.0 Å². The fourth-order valence-electron chi connectivity index (χ4n) is 1.63. The van der Waals surface area contributed by atoms with Crippen LogP contribution in [0.1, 0.15) is 11.1 Å². The average molecular weight is 377 g/mol. The Hall–Kier alpha value is -1.13. The van der Waals surface area contributed by atoms with Gasteiger partial charge in [-0.15, -0.1) is 12.4 Å². The fraction of sp³-hybridized carbons (Fsp3) is 0.111. The first-order chi connectivity index (χ1) is 9.45. The van der Waals surface area contributed by atoms with Crippen molar-refractivity contribution in [3.8, 4) is 0 Å². The van der Waals surface area contributed by atoms with Gasteiger partial charge in [-0.2, -0.15) is 0 Å². The summed E-state index contributed by atoms with van der Waals surface area (Å²) in [7, 11) is 0. The van der Waals surface area contributed by atoms with E-state index in [-0.39, 0.29) is 12.4 Å². The Morgan fingerprint density at radius 2 is 1.05 bits per heavy atom. The third kappa shape index (κ3) is 6.87. The normalized spacial score (nSPS) is 11.0. The molecule has 2 heteroatoms. The van der Waals surface area contributed by atoms with E-state index in [1.54, 1.807) is 0 Å². The molecule has 0 saturated carbocycles. The Balaban J connectivity index is 0.00000200. The summed E-state index contributed by atoms with van der Waals surface area (Å²) in [6.07, 6.45) is 8.97. The van der Waals surface area contributed by atoms with Crippen molar-refractivity contribution in [3.05, 3.63) is 83.9 Å². The van der Waals surface area contributed by atoms with Gasteiger partial charge in [-0.1, -0.05) is 0 Å². The van der Waals surface area contributed by atoms with E-state index in [2.05, 4.69) is 85.0 Å². The summed E-state index contributed by atoms with van der Waals surface area (Å²) in [5.74, 6) is 0. The van der Waals surface area contributed by atoms with Gasteiger partial charge in [0.1, 0.15) is 0 Å². The van der Waals surface area contributed by atoms with Crippen molar-refractivity contribution >= 4 is 24.6 Å². The van der Waals surface area contributed by atoms with Crippen molar-refractivity contribution in [3.63, 3.8) is 0 Å². The van der Waals surface area contributed by atoms with Gasteiger partial charge < -0.3 is 0 Å². The zero-order chi connectivity index (χ0) is 13.2. The van der Waals surface area contributed by atoms with E-state index in [1.165, 1.54) is 20.9 Å². The summed E-state index contributed by atoms with van der Waals surface area (Å²) in [6.45, 7) is 0. The smallest absolute Gasteiger partial charge is 0.147 e.